The third-order valence-electron chi connectivity index (χ3n) is 4.28. The highest BCUT2D eigenvalue weighted by molar-refractivity contribution is 4.92. The van der Waals surface area contributed by atoms with E-state index in [1.807, 2.05) is 0 Å². The van der Waals surface area contributed by atoms with Crippen LogP contribution in [0.1, 0.15) is 40.0 Å². The van der Waals surface area contributed by atoms with Gasteiger partial charge in [0.15, 0.2) is 0 Å². The molecular formula is C13H26N2. The smallest absolute Gasteiger partial charge is 0.0345 e. The monoisotopic (exact) mass is 210 g/mol. The Hall–Kier alpha value is -0.0800. The summed E-state index contributed by atoms with van der Waals surface area (Å²) in [5.41, 5.74) is 0.549. The van der Waals surface area contributed by atoms with Gasteiger partial charge < -0.3 is 5.32 Å². The van der Waals surface area contributed by atoms with Gasteiger partial charge in [-0.2, -0.15) is 0 Å². The van der Waals surface area contributed by atoms with Gasteiger partial charge in [-0.1, -0.05) is 20.8 Å². The van der Waals surface area contributed by atoms with Crippen LogP contribution in [0.3, 0.4) is 0 Å². The predicted molar refractivity (Wildman–Crippen MR) is 65.0 cm³/mol. The maximum atomic E-state index is 3.37. The summed E-state index contributed by atoms with van der Waals surface area (Å²) in [4.78, 5) is 2.63. The molecule has 0 radical (unpaired) electrons. The largest absolute Gasteiger partial charge is 0.314 e. The van der Waals surface area contributed by atoms with Crippen LogP contribution in [-0.2, 0) is 0 Å². The Balaban J connectivity index is 1.95. The van der Waals surface area contributed by atoms with Crippen LogP contribution in [0.2, 0.25) is 0 Å². The summed E-state index contributed by atoms with van der Waals surface area (Å²) in [5, 5.41) is 3.37. The van der Waals surface area contributed by atoms with Crippen LogP contribution >= 0.6 is 0 Å². The lowest BCUT2D eigenvalue weighted by Gasteiger charge is -2.47. The Morgan fingerprint density at radius 1 is 1.13 bits per heavy atom. The number of likely N-dealkylation sites (N-methyl/N-ethyl adjacent to an activating group) is 1. The molecule has 0 aromatic heterocycles. The number of hydrogen-bond donors (Lipinski definition) is 1. The molecule has 1 saturated carbocycles. The molecule has 15 heavy (non-hydrogen) atoms. The molecule has 0 amide bonds. The normalized spacial score (nSPS) is 36.6. The molecule has 2 aliphatic rings. The predicted octanol–water partition coefficient (Wildman–Crippen LogP) is 2.10. The molecule has 2 nitrogen and oxygen atoms in total. The highest BCUT2D eigenvalue weighted by atomic mass is 15.2. The van der Waals surface area contributed by atoms with E-state index in [1.54, 1.807) is 0 Å². The third-order valence-corrected chi connectivity index (χ3v) is 4.28. The van der Waals surface area contributed by atoms with Crippen molar-refractivity contribution in [2.24, 2.45) is 11.3 Å². The quantitative estimate of drug-likeness (QED) is 0.751. The van der Waals surface area contributed by atoms with Gasteiger partial charge >= 0.3 is 0 Å². The topological polar surface area (TPSA) is 15.3 Å². The third kappa shape index (κ3) is 2.54. The molecule has 88 valence electrons. The maximum absolute atomic E-state index is 3.37. The molecule has 0 bridgehead atoms. The van der Waals surface area contributed by atoms with E-state index in [9.17, 15) is 0 Å². The summed E-state index contributed by atoms with van der Waals surface area (Å²) in [7, 11) is 2.32. The van der Waals surface area contributed by atoms with Gasteiger partial charge in [0.2, 0.25) is 0 Å². The molecule has 0 aromatic carbocycles. The number of nitrogens with one attached hydrogen (secondary N) is 1. The zero-order valence-corrected chi connectivity index (χ0v) is 10.7. The average Bonchev–Trinajstić information content (AvgIpc) is 1.96. The van der Waals surface area contributed by atoms with E-state index in [-0.39, 0.29) is 0 Å². The van der Waals surface area contributed by atoms with Crippen molar-refractivity contribution < 1.29 is 0 Å². The van der Waals surface area contributed by atoms with Gasteiger partial charge in [-0.25, -0.2) is 0 Å². The van der Waals surface area contributed by atoms with Crippen LogP contribution in [0.5, 0.6) is 0 Å². The van der Waals surface area contributed by atoms with Crippen molar-refractivity contribution in [2.45, 2.75) is 52.1 Å². The first-order valence-electron chi connectivity index (χ1n) is 6.40. The van der Waals surface area contributed by atoms with E-state index in [2.05, 4.69) is 38.0 Å². The van der Waals surface area contributed by atoms with E-state index in [4.69, 9.17) is 0 Å². The van der Waals surface area contributed by atoms with Gasteiger partial charge in [-0.15, -0.1) is 0 Å². The Morgan fingerprint density at radius 2 is 1.80 bits per heavy atom. The van der Waals surface area contributed by atoms with Gasteiger partial charge in [0.1, 0.15) is 0 Å². The lowest BCUT2D eigenvalue weighted by atomic mass is 9.70. The SMILES string of the molecule is CC1CC(N(C)C2CNC2)CC(C)(C)C1. The Labute approximate surface area is 94.4 Å². The molecule has 2 fully saturated rings. The number of hydrogen-bond acceptors (Lipinski definition) is 2. The summed E-state index contributed by atoms with van der Waals surface area (Å²) in [6.45, 7) is 9.68. The Kier molecular flexibility index (Phi) is 3.09. The van der Waals surface area contributed by atoms with Crippen LogP contribution in [0.25, 0.3) is 0 Å². The summed E-state index contributed by atoms with van der Waals surface area (Å²) in [5.74, 6) is 0.897. The first kappa shape index (κ1) is 11.4. The van der Waals surface area contributed by atoms with Crippen molar-refractivity contribution in [2.75, 3.05) is 20.1 Å². The minimum atomic E-state index is 0.549. The fraction of sp³-hybridized carbons (Fsp3) is 1.00. The summed E-state index contributed by atoms with van der Waals surface area (Å²) >= 11 is 0. The lowest BCUT2D eigenvalue weighted by Crippen LogP contribution is -2.59. The zero-order valence-electron chi connectivity index (χ0n) is 10.7. The second-order valence-corrected chi connectivity index (χ2v) is 6.54. The first-order chi connectivity index (χ1) is 6.98. The van der Waals surface area contributed by atoms with Gasteiger partial charge in [0.05, 0.1) is 0 Å². The van der Waals surface area contributed by atoms with E-state index < -0.39 is 0 Å². The van der Waals surface area contributed by atoms with Crippen molar-refractivity contribution in [3.8, 4) is 0 Å². The molecule has 2 heteroatoms. The number of nitrogens with zero attached hydrogens (tertiary/aromatic N) is 1. The molecule has 0 aromatic rings. The van der Waals surface area contributed by atoms with Crippen molar-refractivity contribution in [1.82, 2.24) is 10.2 Å². The van der Waals surface area contributed by atoms with Crippen molar-refractivity contribution >= 4 is 0 Å². The fourth-order valence-electron chi connectivity index (χ4n) is 3.47. The van der Waals surface area contributed by atoms with E-state index >= 15 is 0 Å². The molecular weight excluding hydrogens is 184 g/mol. The van der Waals surface area contributed by atoms with Crippen molar-refractivity contribution in [3.05, 3.63) is 0 Å². The van der Waals surface area contributed by atoms with Gasteiger partial charge in [0.25, 0.3) is 0 Å². The highest BCUT2D eigenvalue weighted by Gasteiger charge is 2.36. The van der Waals surface area contributed by atoms with Crippen molar-refractivity contribution in [3.63, 3.8) is 0 Å². The van der Waals surface area contributed by atoms with Crippen LogP contribution in [0.4, 0.5) is 0 Å². The van der Waals surface area contributed by atoms with Crippen LogP contribution in [0.15, 0.2) is 0 Å². The van der Waals surface area contributed by atoms with E-state index in [1.165, 1.54) is 32.4 Å². The molecule has 1 saturated heterocycles. The molecule has 1 aliphatic heterocycles. The Bertz CT molecular complexity index is 221. The van der Waals surface area contributed by atoms with E-state index in [0.717, 1.165) is 18.0 Å². The minimum Gasteiger partial charge on any atom is -0.314 e. The van der Waals surface area contributed by atoms with Crippen LogP contribution < -0.4 is 5.32 Å². The zero-order chi connectivity index (χ0) is 11.1. The highest BCUT2D eigenvalue weighted by Crippen LogP contribution is 2.40. The second-order valence-electron chi connectivity index (χ2n) is 6.54. The maximum Gasteiger partial charge on any atom is 0.0345 e. The summed E-state index contributed by atoms with van der Waals surface area (Å²) in [6, 6.07) is 1.62. The number of rotatable bonds is 2. The molecule has 2 atom stereocenters. The molecule has 2 unspecified atom stereocenters. The van der Waals surface area contributed by atoms with Crippen molar-refractivity contribution in [1.29, 1.82) is 0 Å². The lowest BCUT2D eigenvalue weighted by molar-refractivity contribution is 0.0415. The summed E-state index contributed by atoms with van der Waals surface area (Å²) < 4.78 is 0. The molecule has 2 rings (SSSR count). The molecule has 1 N–H and O–H groups in total. The second kappa shape index (κ2) is 4.06. The van der Waals surface area contributed by atoms with Gasteiger partial charge in [-0.3, -0.25) is 4.90 Å². The standard InChI is InChI=1S/C13H26N2/c1-10-5-11(7-13(2,3)6-10)15(4)12-8-14-9-12/h10-12,14H,5-9H2,1-4H3. The average molecular weight is 210 g/mol. The fourth-order valence-corrected chi connectivity index (χ4v) is 3.47. The minimum absolute atomic E-state index is 0.549. The molecule has 1 heterocycles. The first-order valence-corrected chi connectivity index (χ1v) is 6.40. The summed E-state index contributed by atoms with van der Waals surface area (Å²) in [6.07, 6.45) is 4.18. The van der Waals surface area contributed by atoms with Gasteiger partial charge in [0, 0.05) is 25.2 Å². The van der Waals surface area contributed by atoms with Gasteiger partial charge in [-0.05, 0) is 37.6 Å². The van der Waals surface area contributed by atoms with Crippen LogP contribution in [0, 0.1) is 11.3 Å². The van der Waals surface area contributed by atoms with E-state index in [0.29, 0.717) is 5.41 Å². The molecule has 0 spiro atoms. The molecule has 1 aliphatic carbocycles. The Morgan fingerprint density at radius 3 is 2.27 bits per heavy atom. The van der Waals surface area contributed by atoms with Crippen LogP contribution in [-0.4, -0.2) is 37.1 Å².